The van der Waals surface area contributed by atoms with Gasteiger partial charge in [0.25, 0.3) is 0 Å². The van der Waals surface area contributed by atoms with Crippen molar-refractivity contribution in [2.75, 3.05) is 13.2 Å². The topological polar surface area (TPSA) is 35.2 Å². The third kappa shape index (κ3) is 1.79. The average molecular weight is 256 g/mol. The molecule has 1 atom stereocenters. The molecular formula is C11H14BrNO. The summed E-state index contributed by atoms with van der Waals surface area (Å²) in [6, 6.07) is 6.17. The van der Waals surface area contributed by atoms with Crippen LogP contribution in [0.4, 0.5) is 0 Å². The van der Waals surface area contributed by atoms with E-state index in [0.29, 0.717) is 13.2 Å². The van der Waals surface area contributed by atoms with Crippen LogP contribution < -0.4 is 10.5 Å². The van der Waals surface area contributed by atoms with Gasteiger partial charge >= 0.3 is 0 Å². The minimum atomic E-state index is 0.0980. The average Bonchev–Trinajstić information content (AvgIpc) is 2.19. The fourth-order valence-corrected chi connectivity index (χ4v) is 2.04. The smallest absolute Gasteiger partial charge is 0.123 e. The van der Waals surface area contributed by atoms with E-state index in [1.54, 1.807) is 0 Å². The van der Waals surface area contributed by atoms with Crippen molar-refractivity contribution in [3.63, 3.8) is 0 Å². The van der Waals surface area contributed by atoms with E-state index in [-0.39, 0.29) is 5.41 Å². The molecule has 0 saturated heterocycles. The summed E-state index contributed by atoms with van der Waals surface area (Å²) in [7, 11) is 0. The van der Waals surface area contributed by atoms with E-state index in [9.17, 15) is 0 Å². The van der Waals surface area contributed by atoms with Gasteiger partial charge in [0.2, 0.25) is 0 Å². The summed E-state index contributed by atoms with van der Waals surface area (Å²) < 4.78 is 6.76. The van der Waals surface area contributed by atoms with E-state index >= 15 is 0 Å². The Morgan fingerprint density at radius 2 is 2.36 bits per heavy atom. The Labute approximate surface area is 92.6 Å². The monoisotopic (exact) mass is 255 g/mol. The number of halogens is 1. The van der Waals surface area contributed by atoms with E-state index < -0.39 is 0 Å². The molecule has 3 heteroatoms. The van der Waals surface area contributed by atoms with Crippen molar-refractivity contribution in [2.24, 2.45) is 11.1 Å². The lowest BCUT2D eigenvalue weighted by Crippen LogP contribution is -2.38. The molecule has 1 aromatic rings. The Morgan fingerprint density at radius 1 is 1.57 bits per heavy atom. The molecule has 0 aliphatic carbocycles. The number of ether oxygens (including phenoxy) is 1. The van der Waals surface area contributed by atoms with Crippen molar-refractivity contribution in [3.05, 3.63) is 28.2 Å². The maximum Gasteiger partial charge on any atom is 0.123 e. The van der Waals surface area contributed by atoms with Gasteiger partial charge in [0.1, 0.15) is 5.75 Å². The minimum absolute atomic E-state index is 0.0980. The van der Waals surface area contributed by atoms with Crippen molar-refractivity contribution < 1.29 is 4.74 Å². The van der Waals surface area contributed by atoms with Gasteiger partial charge < -0.3 is 10.5 Å². The molecule has 0 spiro atoms. The number of nitrogens with two attached hydrogens (primary N) is 1. The number of rotatable bonds is 1. The van der Waals surface area contributed by atoms with Gasteiger partial charge in [-0.05, 0) is 24.1 Å². The third-order valence-corrected chi connectivity index (χ3v) is 3.21. The highest BCUT2D eigenvalue weighted by Gasteiger charge is 2.29. The fraction of sp³-hybridized carbons (Fsp3) is 0.455. The first kappa shape index (κ1) is 9.99. The molecule has 2 rings (SSSR count). The van der Waals surface area contributed by atoms with Gasteiger partial charge in [-0.15, -0.1) is 0 Å². The maximum atomic E-state index is 5.74. The molecular weight excluding hydrogens is 242 g/mol. The second-order valence-electron chi connectivity index (χ2n) is 4.23. The molecule has 0 bridgehead atoms. The highest BCUT2D eigenvalue weighted by atomic mass is 79.9. The van der Waals surface area contributed by atoms with Crippen LogP contribution in [0, 0.1) is 5.41 Å². The summed E-state index contributed by atoms with van der Waals surface area (Å²) in [5.74, 6) is 0.991. The SMILES string of the molecule is CC1(CN)COc2cc(Br)ccc2C1. The van der Waals surface area contributed by atoms with Crippen molar-refractivity contribution in [2.45, 2.75) is 13.3 Å². The zero-order valence-electron chi connectivity index (χ0n) is 8.22. The molecule has 14 heavy (non-hydrogen) atoms. The first-order valence-corrected chi connectivity index (χ1v) is 5.54. The second-order valence-corrected chi connectivity index (χ2v) is 5.15. The Bertz CT molecular complexity index is 353. The molecule has 76 valence electrons. The molecule has 2 nitrogen and oxygen atoms in total. The molecule has 0 amide bonds. The van der Waals surface area contributed by atoms with Crippen LogP contribution in [-0.4, -0.2) is 13.2 Å². The highest BCUT2D eigenvalue weighted by Crippen LogP contribution is 2.35. The highest BCUT2D eigenvalue weighted by molar-refractivity contribution is 9.10. The largest absolute Gasteiger partial charge is 0.493 e. The van der Waals surface area contributed by atoms with Crippen molar-refractivity contribution in [1.82, 2.24) is 0 Å². The van der Waals surface area contributed by atoms with Crippen LogP contribution in [0.2, 0.25) is 0 Å². The number of hydrogen-bond acceptors (Lipinski definition) is 2. The molecule has 1 aromatic carbocycles. The lowest BCUT2D eigenvalue weighted by molar-refractivity contribution is 0.144. The molecule has 0 radical (unpaired) electrons. The quantitative estimate of drug-likeness (QED) is 0.837. The maximum absolute atomic E-state index is 5.74. The van der Waals surface area contributed by atoms with E-state index in [2.05, 4.69) is 28.9 Å². The zero-order valence-corrected chi connectivity index (χ0v) is 9.80. The predicted octanol–water partition coefficient (Wildman–Crippen LogP) is 2.35. The van der Waals surface area contributed by atoms with Gasteiger partial charge in [-0.3, -0.25) is 0 Å². The molecule has 1 aliphatic rings. The second kappa shape index (κ2) is 3.55. The normalized spacial score (nSPS) is 25.4. The Hall–Kier alpha value is -0.540. The fourth-order valence-electron chi connectivity index (χ4n) is 1.70. The molecule has 1 heterocycles. The Morgan fingerprint density at radius 3 is 3.07 bits per heavy atom. The van der Waals surface area contributed by atoms with Gasteiger partial charge in [0, 0.05) is 16.4 Å². The third-order valence-electron chi connectivity index (χ3n) is 2.72. The Balaban J connectivity index is 2.31. The van der Waals surface area contributed by atoms with Crippen LogP contribution in [0.5, 0.6) is 5.75 Å². The summed E-state index contributed by atoms with van der Waals surface area (Å²) in [6.07, 6.45) is 1.01. The number of fused-ring (bicyclic) bond motifs is 1. The zero-order chi connectivity index (χ0) is 10.2. The molecule has 0 aromatic heterocycles. The molecule has 1 unspecified atom stereocenters. The van der Waals surface area contributed by atoms with E-state index in [1.165, 1.54) is 5.56 Å². The van der Waals surface area contributed by atoms with Gasteiger partial charge in [-0.2, -0.15) is 0 Å². The summed E-state index contributed by atoms with van der Waals surface area (Å²) in [5, 5.41) is 0. The number of hydrogen-bond donors (Lipinski definition) is 1. The summed E-state index contributed by atoms with van der Waals surface area (Å²) in [5.41, 5.74) is 7.09. The minimum Gasteiger partial charge on any atom is -0.493 e. The molecule has 0 fully saturated rings. The summed E-state index contributed by atoms with van der Waals surface area (Å²) >= 11 is 3.43. The van der Waals surface area contributed by atoms with Crippen molar-refractivity contribution in [1.29, 1.82) is 0 Å². The van der Waals surface area contributed by atoms with Crippen LogP contribution in [0.15, 0.2) is 22.7 Å². The predicted molar refractivity (Wildman–Crippen MR) is 60.5 cm³/mol. The van der Waals surface area contributed by atoms with Crippen LogP contribution in [0.1, 0.15) is 12.5 Å². The standard InChI is InChI=1S/C11H14BrNO/c1-11(6-13)5-8-2-3-9(12)4-10(8)14-7-11/h2-4H,5-7,13H2,1H3. The van der Waals surface area contributed by atoms with E-state index in [1.807, 2.05) is 12.1 Å². The van der Waals surface area contributed by atoms with Gasteiger partial charge in [-0.25, -0.2) is 0 Å². The van der Waals surface area contributed by atoms with Crippen LogP contribution in [-0.2, 0) is 6.42 Å². The van der Waals surface area contributed by atoms with Crippen LogP contribution in [0.25, 0.3) is 0 Å². The Kier molecular flexibility index (Phi) is 2.54. The lowest BCUT2D eigenvalue weighted by atomic mass is 9.82. The molecule has 0 saturated carbocycles. The van der Waals surface area contributed by atoms with E-state index in [4.69, 9.17) is 10.5 Å². The van der Waals surface area contributed by atoms with Gasteiger partial charge in [-0.1, -0.05) is 28.9 Å². The first-order chi connectivity index (χ1) is 6.63. The first-order valence-electron chi connectivity index (χ1n) is 4.74. The lowest BCUT2D eigenvalue weighted by Gasteiger charge is -2.33. The van der Waals surface area contributed by atoms with Gasteiger partial charge in [0.15, 0.2) is 0 Å². The van der Waals surface area contributed by atoms with Crippen LogP contribution >= 0.6 is 15.9 Å². The van der Waals surface area contributed by atoms with E-state index in [0.717, 1.165) is 16.6 Å². The number of benzene rings is 1. The molecule has 2 N–H and O–H groups in total. The van der Waals surface area contributed by atoms with Crippen molar-refractivity contribution in [3.8, 4) is 5.75 Å². The van der Waals surface area contributed by atoms with Gasteiger partial charge in [0.05, 0.1) is 6.61 Å². The molecule has 1 aliphatic heterocycles. The van der Waals surface area contributed by atoms with Crippen LogP contribution in [0.3, 0.4) is 0 Å². The van der Waals surface area contributed by atoms with Crippen molar-refractivity contribution >= 4 is 15.9 Å². The summed E-state index contributed by atoms with van der Waals surface area (Å²) in [6.45, 7) is 3.55. The summed E-state index contributed by atoms with van der Waals surface area (Å²) in [4.78, 5) is 0.